The van der Waals surface area contributed by atoms with E-state index in [0.717, 1.165) is 28.3 Å². The number of carbonyl (C=O) groups excluding carboxylic acids is 2. The van der Waals surface area contributed by atoms with Crippen molar-refractivity contribution in [3.05, 3.63) is 70.4 Å². The van der Waals surface area contributed by atoms with E-state index in [1.807, 2.05) is 18.4 Å². The third-order valence-electron chi connectivity index (χ3n) is 7.18. The van der Waals surface area contributed by atoms with Gasteiger partial charge in [-0.05, 0) is 50.8 Å². The Morgan fingerprint density at radius 1 is 1.17 bits per heavy atom. The lowest BCUT2D eigenvalue weighted by molar-refractivity contribution is -0.126. The van der Waals surface area contributed by atoms with E-state index in [2.05, 4.69) is 15.5 Å². The molecule has 0 bridgehead atoms. The highest BCUT2D eigenvalue weighted by atomic mass is 19.1. The second kappa shape index (κ2) is 10.2. The molecule has 5 rings (SSSR count). The molecule has 1 aromatic carbocycles. The van der Waals surface area contributed by atoms with Crippen molar-refractivity contribution in [1.82, 2.24) is 24.9 Å². The third kappa shape index (κ3) is 4.90. The molecule has 10 heteroatoms. The molecule has 1 atom stereocenters. The van der Waals surface area contributed by atoms with Gasteiger partial charge in [-0.25, -0.2) is 9.37 Å². The molecule has 1 saturated heterocycles. The SMILES string of the molecule is Cc1noc(C)c1CCNC(=O)C1CCN(C(=O)c2ncn3c2CO[C@H](c2ccc(F)cc2)C3)CC1. The summed E-state index contributed by atoms with van der Waals surface area (Å²) < 4.78 is 26.3. The van der Waals surface area contributed by atoms with Crippen molar-refractivity contribution in [1.29, 1.82) is 0 Å². The maximum absolute atomic E-state index is 13.2. The van der Waals surface area contributed by atoms with Crippen LogP contribution in [-0.2, 0) is 29.1 Å². The number of fused-ring (bicyclic) bond motifs is 1. The summed E-state index contributed by atoms with van der Waals surface area (Å²) in [6, 6.07) is 6.26. The number of likely N-dealkylation sites (tertiary alicyclic amines) is 1. The standard InChI is InChI=1S/C26H30FN5O4/c1-16-21(17(2)36-30-16)7-10-28-25(33)19-8-11-31(12-9-19)26(34)24-22-14-35-23(13-32(22)15-29-24)18-3-5-20(27)6-4-18/h3-6,15,19,23H,7-14H2,1-2H3,(H,28,33)/t23-/m0/s1. The fourth-order valence-electron chi connectivity index (χ4n) is 4.99. The van der Waals surface area contributed by atoms with Gasteiger partial charge in [-0.15, -0.1) is 0 Å². The number of aromatic nitrogens is 3. The minimum absolute atomic E-state index is 0.0217. The average molecular weight is 496 g/mol. The zero-order valence-corrected chi connectivity index (χ0v) is 20.5. The van der Waals surface area contributed by atoms with Crippen molar-refractivity contribution >= 4 is 11.8 Å². The molecule has 190 valence electrons. The number of amides is 2. The van der Waals surface area contributed by atoms with E-state index in [1.165, 1.54) is 12.1 Å². The van der Waals surface area contributed by atoms with Gasteiger partial charge in [0.25, 0.3) is 5.91 Å². The minimum Gasteiger partial charge on any atom is -0.365 e. The van der Waals surface area contributed by atoms with Crippen LogP contribution in [0.15, 0.2) is 35.1 Å². The molecule has 3 aromatic rings. The van der Waals surface area contributed by atoms with Crippen LogP contribution in [0.4, 0.5) is 4.39 Å². The van der Waals surface area contributed by atoms with Gasteiger partial charge < -0.3 is 24.0 Å². The molecule has 0 spiro atoms. The van der Waals surface area contributed by atoms with Gasteiger partial charge in [0.2, 0.25) is 5.91 Å². The number of carbonyl (C=O) groups is 2. The first kappa shape index (κ1) is 24.2. The Balaban J connectivity index is 1.13. The fraction of sp³-hybridized carbons (Fsp3) is 0.462. The molecule has 0 radical (unpaired) electrons. The Labute approximate surface area is 208 Å². The molecule has 1 fully saturated rings. The van der Waals surface area contributed by atoms with Crippen LogP contribution in [0.25, 0.3) is 0 Å². The number of nitrogens with zero attached hydrogens (tertiary/aromatic N) is 4. The molecule has 2 aliphatic heterocycles. The van der Waals surface area contributed by atoms with Crippen molar-refractivity contribution < 1.29 is 23.2 Å². The van der Waals surface area contributed by atoms with Gasteiger partial charge in [0.15, 0.2) is 5.69 Å². The Kier molecular flexibility index (Phi) is 6.86. The van der Waals surface area contributed by atoms with Crippen LogP contribution < -0.4 is 5.32 Å². The van der Waals surface area contributed by atoms with Crippen LogP contribution in [0.5, 0.6) is 0 Å². The molecule has 0 aliphatic carbocycles. The number of rotatable bonds is 6. The topological polar surface area (TPSA) is 102 Å². The van der Waals surface area contributed by atoms with Crippen molar-refractivity contribution in [3.8, 4) is 0 Å². The highest BCUT2D eigenvalue weighted by Gasteiger charge is 2.32. The highest BCUT2D eigenvalue weighted by molar-refractivity contribution is 5.93. The number of halogens is 1. The summed E-state index contributed by atoms with van der Waals surface area (Å²) in [6.45, 7) is 6.08. The second-order valence-electron chi connectivity index (χ2n) is 9.45. The monoisotopic (exact) mass is 495 g/mol. The quantitative estimate of drug-likeness (QED) is 0.564. The van der Waals surface area contributed by atoms with Crippen molar-refractivity contribution in [2.24, 2.45) is 5.92 Å². The second-order valence-corrected chi connectivity index (χ2v) is 9.45. The predicted molar refractivity (Wildman–Crippen MR) is 127 cm³/mol. The first-order valence-electron chi connectivity index (χ1n) is 12.3. The smallest absolute Gasteiger partial charge is 0.274 e. The molecule has 9 nitrogen and oxygen atoms in total. The summed E-state index contributed by atoms with van der Waals surface area (Å²) in [5.41, 5.74) is 3.92. The van der Waals surface area contributed by atoms with E-state index in [-0.39, 0.29) is 36.3 Å². The van der Waals surface area contributed by atoms with Crippen molar-refractivity contribution in [2.75, 3.05) is 19.6 Å². The Bertz CT molecular complexity index is 1220. The Morgan fingerprint density at radius 3 is 2.61 bits per heavy atom. The van der Waals surface area contributed by atoms with Gasteiger partial charge >= 0.3 is 0 Å². The lowest BCUT2D eigenvalue weighted by Crippen LogP contribution is -2.43. The van der Waals surface area contributed by atoms with Crippen LogP contribution in [0.3, 0.4) is 0 Å². The van der Waals surface area contributed by atoms with Gasteiger partial charge in [-0.1, -0.05) is 17.3 Å². The molecule has 2 amide bonds. The summed E-state index contributed by atoms with van der Waals surface area (Å²) in [5.74, 6) is 0.267. The van der Waals surface area contributed by atoms with Gasteiger partial charge in [0.1, 0.15) is 17.7 Å². The normalized spacial score (nSPS) is 18.2. The van der Waals surface area contributed by atoms with Crippen LogP contribution in [0.2, 0.25) is 0 Å². The van der Waals surface area contributed by atoms with Gasteiger partial charge in [-0.3, -0.25) is 9.59 Å². The van der Waals surface area contributed by atoms with Crippen LogP contribution in [0, 0.1) is 25.6 Å². The zero-order chi connectivity index (χ0) is 25.2. The molecule has 2 aromatic heterocycles. The molecule has 1 N–H and O–H groups in total. The van der Waals surface area contributed by atoms with E-state index in [4.69, 9.17) is 9.26 Å². The summed E-state index contributed by atoms with van der Waals surface area (Å²) in [5, 5.41) is 6.96. The predicted octanol–water partition coefficient (Wildman–Crippen LogP) is 3.11. The largest absolute Gasteiger partial charge is 0.365 e. The number of nitrogens with one attached hydrogen (secondary N) is 1. The summed E-state index contributed by atoms with van der Waals surface area (Å²) in [4.78, 5) is 32.0. The maximum atomic E-state index is 13.2. The first-order valence-corrected chi connectivity index (χ1v) is 12.3. The van der Waals surface area contributed by atoms with Crippen LogP contribution in [-0.4, -0.2) is 51.1 Å². The Morgan fingerprint density at radius 2 is 1.92 bits per heavy atom. The minimum atomic E-state index is -0.288. The average Bonchev–Trinajstić information content (AvgIpc) is 3.46. The van der Waals surface area contributed by atoms with E-state index in [1.54, 1.807) is 23.4 Å². The van der Waals surface area contributed by atoms with Gasteiger partial charge in [0, 0.05) is 31.1 Å². The van der Waals surface area contributed by atoms with Crippen molar-refractivity contribution in [3.63, 3.8) is 0 Å². The number of piperidine rings is 1. The van der Waals surface area contributed by atoms with Crippen LogP contribution in [0.1, 0.15) is 57.7 Å². The first-order chi connectivity index (χ1) is 17.4. The molecule has 4 heterocycles. The lowest BCUT2D eigenvalue weighted by Gasteiger charge is -2.31. The fourth-order valence-corrected chi connectivity index (χ4v) is 4.99. The number of imidazole rings is 1. The molecule has 36 heavy (non-hydrogen) atoms. The van der Waals surface area contributed by atoms with E-state index in [0.29, 0.717) is 51.1 Å². The summed E-state index contributed by atoms with van der Waals surface area (Å²) >= 11 is 0. The number of ether oxygens (including phenoxy) is 1. The highest BCUT2D eigenvalue weighted by Crippen LogP contribution is 2.29. The number of benzene rings is 1. The number of hydrogen-bond donors (Lipinski definition) is 1. The maximum Gasteiger partial charge on any atom is 0.274 e. The third-order valence-corrected chi connectivity index (χ3v) is 7.18. The van der Waals surface area contributed by atoms with E-state index in [9.17, 15) is 14.0 Å². The zero-order valence-electron chi connectivity index (χ0n) is 20.5. The number of aryl methyl sites for hydroxylation is 2. The van der Waals surface area contributed by atoms with Crippen LogP contribution >= 0.6 is 0 Å². The van der Waals surface area contributed by atoms with Gasteiger partial charge in [0.05, 0.1) is 30.9 Å². The summed E-state index contributed by atoms with van der Waals surface area (Å²) in [7, 11) is 0. The molecular formula is C26H30FN5O4. The molecule has 0 unspecified atom stereocenters. The molecule has 2 aliphatic rings. The van der Waals surface area contributed by atoms with Crippen molar-refractivity contribution in [2.45, 2.75) is 52.4 Å². The molecule has 0 saturated carbocycles. The number of hydrogen-bond acceptors (Lipinski definition) is 6. The molecular weight excluding hydrogens is 465 g/mol. The lowest BCUT2D eigenvalue weighted by atomic mass is 9.95. The van der Waals surface area contributed by atoms with E-state index >= 15 is 0 Å². The summed E-state index contributed by atoms with van der Waals surface area (Å²) in [6.07, 6.45) is 3.35. The Hall–Kier alpha value is -3.53. The van der Waals surface area contributed by atoms with E-state index < -0.39 is 0 Å². The van der Waals surface area contributed by atoms with Gasteiger partial charge in [-0.2, -0.15) is 0 Å².